The summed E-state index contributed by atoms with van der Waals surface area (Å²) in [6.07, 6.45) is 1.63. The Kier molecular flexibility index (Phi) is 5.66. The third-order valence-corrected chi connectivity index (χ3v) is 7.80. The van der Waals surface area contributed by atoms with Crippen molar-refractivity contribution in [2.24, 2.45) is 5.41 Å². The number of nitrogens with zero attached hydrogens (tertiary/aromatic N) is 2. The molecule has 0 bridgehead atoms. The van der Waals surface area contributed by atoms with E-state index in [0.717, 1.165) is 11.4 Å². The van der Waals surface area contributed by atoms with E-state index >= 15 is 0 Å². The van der Waals surface area contributed by atoms with E-state index in [0.29, 0.717) is 18.4 Å². The molecular formula is C22H27N2O3P. The van der Waals surface area contributed by atoms with Crippen molar-refractivity contribution in [1.29, 1.82) is 0 Å². The molecule has 2 aromatic rings. The fourth-order valence-electron chi connectivity index (χ4n) is 3.57. The highest BCUT2D eigenvalue weighted by Gasteiger charge is 2.47. The van der Waals surface area contributed by atoms with Gasteiger partial charge in [-0.3, -0.25) is 9.36 Å². The predicted molar refractivity (Wildman–Crippen MR) is 115 cm³/mol. The molecule has 2 aromatic carbocycles. The summed E-state index contributed by atoms with van der Waals surface area (Å²) in [6, 6.07) is 19.2. The van der Waals surface area contributed by atoms with E-state index in [1.165, 1.54) is 0 Å². The monoisotopic (exact) mass is 398 g/mol. The van der Waals surface area contributed by atoms with Crippen LogP contribution in [-0.2, 0) is 9.36 Å². The Labute approximate surface area is 166 Å². The summed E-state index contributed by atoms with van der Waals surface area (Å²) in [5.74, 6) is -0.973. The van der Waals surface area contributed by atoms with Crippen LogP contribution < -0.4 is 9.34 Å². The summed E-state index contributed by atoms with van der Waals surface area (Å²) in [4.78, 5) is 11.7. The van der Waals surface area contributed by atoms with Gasteiger partial charge in [-0.1, -0.05) is 63.2 Å². The van der Waals surface area contributed by atoms with Gasteiger partial charge in [0.2, 0.25) is 0 Å². The first-order chi connectivity index (χ1) is 13.2. The van der Waals surface area contributed by atoms with Gasteiger partial charge >= 0.3 is 5.97 Å². The third kappa shape index (κ3) is 4.15. The molecule has 1 fully saturated rings. The van der Waals surface area contributed by atoms with Crippen molar-refractivity contribution in [1.82, 2.24) is 0 Å². The molecule has 1 saturated heterocycles. The van der Waals surface area contributed by atoms with Crippen molar-refractivity contribution in [3.8, 4) is 0 Å². The van der Waals surface area contributed by atoms with E-state index < -0.39 is 13.4 Å². The van der Waals surface area contributed by atoms with Crippen molar-refractivity contribution in [2.45, 2.75) is 27.2 Å². The zero-order valence-corrected chi connectivity index (χ0v) is 17.5. The van der Waals surface area contributed by atoms with Gasteiger partial charge in [-0.2, -0.15) is 0 Å². The predicted octanol–water partition coefficient (Wildman–Crippen LogP) is 5.61. The highest BCUT2D eigenvalue weighted by Crippen LogP contribution is 2.66. The van der Waals surface area contributed by atoms with Crippen LogP contribution >= 0.6 is 7.44 Å². The number of allylic oxidation sites excluding steroid dienone is 1. The summed E-state index contributed by atoms with van der Waals surface area (Å²) in [6.45, 7) is 7.12. The zero-order valence-electron chi connectivity index (χ0n) is 16.6. The molecule has 0 radical (unpaired) electrons. The van der Waals surface area contributed by atoms with E-state index in [-0.39, 0.29) is 11.8 Å². The first-order valence-electron chi connectivity index (χ1n) is 9.42. The van der Waals surface area contributed by atoms with E-state index in [2.05, 4.69) is 0 Å². The second-order valence-corrected chi connectivity index (χ2v) is 10.7. The first kappa shape index (κ1) is 20.2. The molecule has 1 N–H and O–H groups in total. The normalized spacial score (nSPS) is 17.0. The van der Waals surface area contributed by atoms with Gasteiger partial charge in [0.15, 0.2) is 0 Å². The van der Waals surface area contributed by atoms with E-state index in [9.17, 15) is 14.5 Å². The van der Waals surface area contributed by atoms with Gasteiger partial charge in [0.25, 0.3) is 7.44 Å². The molecule has 1 heterocycles. The molecule has 0 spiro atoms. The maximum atomic E-state index is 14.7. The Morgan fingerprint density at radius 3 is 1.75 bits per heavy atom. The lowest BCUT2D eigenvalue weighted by Gasteiger charge is -2.35. The number of carboxylic acid groups (broad SMARTS) is 1. The second kappa shape index (κ2) is 7.84. The molecule has 28 heavy (non-hydrogen) atoms. The number of hydrogen-bond donors (Lipinski definition) is 1. The van der Waals surface area contributed by atoms with E-state index in [4.69, 9.17) is 0 Å². The fourth-order valence-corrected chi connectivity index (χ4v) is 6.96. The Bertz CT molecular complexity index is 853. The molecule has 148 valence electrons. The lowest BCUT2D eigenvalue weighted by molar-refractivity contribution is -0.136. The number of hydrogen-bond acceptors (Lipinski definition) is 2. The Hall–Kier alpha value is -2.52. The molecule has 6 heteroatoms. The quantitative estimate of drug-likeness (QED) is 0.663. The zero-order chi connectivity index (χ0) is 20.4. The third-order valence-electron chi connectivity index (χ3n) is 4.59. The second-order valence-electron chi connectivity index (χ2n) is 8.03. The van der Waals surface area contributed by atoms with Gasteiger partial charge in [0.1, 0.15) is 0 Å². The summed E-state index contributed by atoms with van der Waals surface area (Å²) < 4.78 is 18.5. The molecule has 1 aliphatic heterocycles. The minimum atomic E-state index is -3.35. The largest absolute Gasteiger partial charge is 0.481 e. The molecule has 3 rings (SSSR count). The maximum absolute atomic E-state index is 14.7. The number of benzene rings is 2. The van der Waals surface area contributed by atoms with Crippen LogP contribution in [0.3, 0.4) is 0 Å². The van der Waals surface area contributed by atoms with Crippen LogP contribution in [-0.4, -0.2) is 24.2 Å². The van der Waals surface area contributed by atoms with Crippen LogP contribution in [0.25, 0.3) is 0 Å². The Morgan fingerprint density at radius 1 is 0.964 bits per heavy atom. The highest BCUT2D eigenvalue weighted by atomic mass is 31.2. The van der Waals surface area contributed by atoms with Crippen molar-refractivity contribution in [3.05, 3.63) is 72.1 Å². The number of para-hydroxylation sites is 2. The maximum Gasteiger partial charge on any atom is 0.308 e. The number of rotatable bonds is 5. The lowest BCUT2D eigenvalue weighted by atomic mass is 9.96. The van der Waals surface area contributed by atoms with Crippen molar-refractivity contribution in [3.63, 3.8) is 0 Å². The molecule has 1 aliphatic rings. The molecule has 0 aliphatic carbocycles. The molecule has 0 saturated carbocycles. The minimum absolute atomic E-state index is 0.249. The minimum Gasteiger partial charge on any atom is -0.481 e. The number of carboxylic acids is 1. The fraction of sp³-hybridized carbons (Fsp3) is 0.318. The highest BCUT2D eigenvalue weighted by molar-refractivity contribution is 7.71. The summed E-state index contributed by atoms with van der Waals surface area (Å²) in [7, 11) is -3.35. The van der Waals surface area contributed by atoms with E-state index in [1.54, 1.807) is 0 Å². The van der Waals surface area contributed by atoms with Gasteiger partial charge in [-0.15, -0.1) is 0 Å². The van der Waals surface area contributed by atoms with Crippen LogP contribution in [0.15, 0.2) is 72.1 Å². The molecule has 0 unspecified atom stereocenters. The van der Waals surface area contributed by atoms with Crippen LogP contribution in [0.2, 0.25) is 0 Å². The Morgan fingerprint density at radius 2 is 1.39 bits per heavy atom. The van der Waals surface area contributed by atoms with Gasteiger partial charge in [0.05, 0.1) is 6.42 Å². The smallest absolute Gasteiger partial charge is 0.308 e. The number of anilines is 2. The molecular weight excluding hydrogens is 371 g/mol. The van der Waals surface area contributed by atoms with E-state index in [1.807, 2.05) is 96.9 Å². The first-order valence-corrected chi connectivity index (χ1v) is 11.0. The summed E-state index contributed by atoms with van der Waals surface area (Å²) in [5, 5.41) is 10.0. The van der Waals surface area contributed by atoms with Gasteiger partial charge in [0, 0.05) is 29.8 Å². The van der Waals surface area contributed by atoms with Crippen LogP contribution in [0.4, 0.5) is 11.4 Å². The molecule has 0 amide bonds. The van der Waals surface area contributed by atoms with Crippen LogP contribution in [0, 0.1) is 5.41 Å². The molecule has 0 atom stereocenters. The molecule has 0 aromatic heterocycles. The van der Waals surface area contributed by atoms with Gasteiger partial charge in [-0.05, 0) is 29.7 Å². The van der Waals surface area contributed by atoms with Gasteiger partial charge < -0.3 is 14.4 Å². The average Bonchev–Trinajstić information content (AvgIpc) is 2.99. The topological polar surface area (TPSA) is 60.9 Å². The number of aliphatic carboxylic acids is 1. The van der Waals surface area contributed by atoms with Crippen LogP contribution in [0.1, 0.15) is 27.2 Å². The van der Waals surface area contributed by atoms with Gasteiger partial charge in [-0.25, -0.2) is 0 Å². The number of carbonyl (C=O) groups is 1. The van der Waals surface area contributed by atoms with Crippen LogP contribution in [0.5, 0.6) is 0 Å². The van der Waals surface area contributed by atoms with Crippen molar-refractivity contribution >= 4 is 24.8 Å². The average molecular weight is 398 g/mol. The summed E-state index contributed by atoms with van der Waals surface area (Å²) >= 11 is 0. The molecule has 5 nitrogen and oxygen atoms in total. The van der Waals surface area contributed by atoms with Crippen molar-refractivity contribution < 1.29 is 14.5 Å². The Balaban J connectivity index is 2.20. The summed E-state index contributed by atoms with van der Waals surface area (Å²) in [5.41, 5.74) is 1.39. The standard InChI is InChI=1S/C22H27N2O3P/c1-22(2,3)17-20(16-21(25)26)28(27)23(18-10-6-4-7-11-18)14-15-24(28)19-12-8-5-9-13-19/h4-13,17H,14-16H2,1-3H3,(H,25,26)/b20-17+. The van der Waals surface area contributed by atoms with Crippen molar-refractivity contribution in [2.75, 3.05) is 22.4 Å². The SMILES string of the molecule is CC(C)(C)/C=C(\CC(=O)O)P1(=O)N(c2ccccc2)CCN1c1ccccc1. The lowest BCUT2D eigenvalue weighted by Crippen LogP contribution is -2.22.